The Kier molecular flexibility index (Phi) is 3.85. The third kappa shape index (κ3) is 2.39. The molecule has 1 atom stereocenters. The molecule has 0 saturated carbocycles. The van der Waals surface area contributed by atoms with Crippen LogP contribution in [-0.2, 0) is 15.2 Å². The molecule has 1 amide bonds. The highest BCUT2D eigenvalue weighted by atomic mass is 32.1. The van der Waals surface area contributed by atoms with Crippen molar-refractivity contribution in [3.63, 3.8) is 0 Å². The SMILES string of the molecule is CCOC(=O)[C@]1(c2ccccc2)NC(=O)c2c(sc(C)c2C)N1. The predicted octanol–water partition coefficient (Wildman–Crippen LogP) is 2.94. The molecule has 0 unspecified atom stereocenters. The maximum Gasteiger partial charge on any atom is 0.357 e. The highest BCUT2D eigenvalue weighted by Crippen LogP contribution is 2.40. The number of aryl methyl sites for hydroxylation is 1. The maximum atomic E-state index is 12.7. The van der Waals surface area contributed by atoms with E-state index in [1.54, 1.807) is 19.1 Å². The summed E-state index contributed by atoms with van der Waals surface area (Å²) in [5, 5.41) is 6.73. The molecule has 0 aliphatic carbocycles. The van der Waals surface area contributed by atoms with Crippen molar-refractivity contribution < 1.29 is 14.3 Å². The van der Waals surface area contributed by atoms with Crippen LogP contribution in [0.1, 0.15) is 33.3 Å². The van der Waals surface area contributed by atoms with Crippen LogP contribution in [0.15, 0.2) is 30.3 Å². The average Bonchev–Trinajstić information content (AvgIpc) is 2.83. The van der Waals surface area contributed by atoms with Gasteiger partial charge in [-0.3, -0.25) is 4.79 Å². The number of fused-ring (bicyclic) bond motifs is 1. The molecule has 1 aromatic carbocycles. The smallest absolute Gasteiger partial charge is 0.357 e. The zero-order valence-electron chi connectivity index (χ0n) is 13.2. The maximum absolute atomic E-state index is 12.7. The van der Waals surface area contributed by atoms with Crippen molar-refractivity contribution in [3.05, 3.63) is 51.9 Å². The van der Waals surface area contributed by atoms with Crippen molar-refractivity contribution in [2.45, 2.75) is 26.4 Å². The summed E-state index contributed by atoms with van der Waals surface area (Å²) >= 11 is 1.47. The van der Waals surface area contributed by atoms with E-state index in [9.17, 15) is 9.59 Å². The van der Waals surface area contributed by atoms with Crippen LogP contribution >= 0.6 is 11.3 Å². The van der Waals surface area contributed by atoms with Crippen molar-refractivity contribution in [1.82, 2.24) is 5.32 Å². The molecular weight excluding hydrogens is 312 g/mol. The Morgan fingerprint density at radius 3 is 2.57 bits per heavy atom. The second-order valence-corrected chi connectivity index (χ2v) is 6.63. The summed E-state index contributed by atoms with van der Waals surface area (Å²) in [6.07, 6.45) is 0. The Hall–Kier alpha value is -2.34. The number of amides is 1. The zero-order chi connectivity index (χ0) is 16.6. The fourth-order valence-corrected chi connectivity index (χ4v) is 3.83. The standard InChI is InChI=1S/C17H18N2O3S/c1-4-22-16(21)17(12-8-6-5-7-9-12)18-14(20)13-10(2)11(3)23-15(13)19-17/h5-9,19H,4H2,1-3H3,(H,18,20)/t17-/m1/s1. The number of esters is 1. The Balaban J connectivity index is 2.15. The third-order valence-corrected chi connectivity index (χ3v) is 5.13. The molecular formula is C17H18N2O3S. The van der Waals surface area contributed by atoms with Gasteiger partial charge < -0.3 is 15.4 Å². The van der Waals surface area contributed by atoms with Crippen LogP contribution in [0.25, 0.3) is 0 Å². The number of hydrogen-bond donors (Lipinski definition) is 2. The largest absolute Gasteiger partial charge is 0.463 e. The van der Waals surface area contributed by atoms with Crippen LogP contribution in [-0.4, -0.2) is 18.5 Å². The van der Waals surface area contributed by atoms with E-state index in [0.29, 0.717) is 16.1 Å². The lowest BCUT2D eigenvalue weighted by Crippen LogP contribution is -2.60. The number of carbonyl (C=O) groups is 2. The van der Waals surface area contributed by atoms with E-state index in [0.717, 1.165) is 10.4 Å². The Morgan fingerprint density at radius 1 is 1.22 bits per heavy atom. The number of thiophene rings is 1. The molecule has 2 aromatic rings. The molecule has 2 heterocycles. The predicted molar refractivity (Wildman–Crippen MR) is 89.6 cm³/mol. The van der Waals surface area contributed by atoms with Crippen LogP contribution in [0.5, 0.6) is 0 Å². The first-order valence-corrected chi connectivity index (χ1v) is 8.24. The minimum Gasteiger partial charge on any atom is -0.463 e. The van der Waals surface area contributed by atoms with Gasteiger partial charge in [0.15, 0.2) is 0 Å². The van der Waals surface area contributed by atoms with Gasteiger partial charge in [-0.2, -0.15) is 0 Å². The lowest BCUT2D eigenvalue weighted by molar-refractivity contribution is -0.150. The third-order valence-electron chi connectivity index (χ3n) is 4.00. The first-order valence-electron chi connectivity index (χ1n) is 7.43. The second kappa shape index (κ2) is 5.70. The van der Waals surface area contributed by atoms with Crippen molar-refractivity contribution in [2.24, 2.45) is 0 Å². The summed E-state index contributed by atoms with van der Waals surface area (Å²) in [4.78, 5) is 26.4. The molecule has 0 saturated heterocycles. The molecule has 0 radical (unpaired) electrons. The Morgan fingerprint density at radius 2 is 1.91 bits per heavy atom. The molecule has 0 fully saturated rings. The monoisotopic (exact) mass is 330 g/mol. The molecule has 6 heteroatoms. The minimum absolute atomic E-state index is 0.236. The molecule has 1 aliphatic rings. The summed E-state index contributed by atoms with van der Waals surface area (Å²) < 4.78 is 5.23. The van der Waals surface area contributed by atoms with E-state index in [1.807, 2.05) is 32.0 Å². The number of rotatable bonds is 3. The summed E-state index contributed by atoms with van der Waals surface area (Å²) in [5.41, 5.74) is 0.774. The number of benzene rings is 1. The molecule has 0 spiro atoms. The first-order chi connectivity index (χ1) is 11.0. The van der Waals surface area contributed by atoms with Gasteiger partial charge in [0.05, 0.1) is 12.2 Å². The molecule has 23 heavy (non-hydrogen) atoms. The van der Waals surface area contributed by atoms with E-state index in [-0.39, 0.29) is 12.5 Å². The van der Waals surface area contributed by atoms with Gasteiger partial charge in [0.1, 0.15) is 5.00 Å². The van der Waals surface area contributed by atoms with Crippen molar-refractivity contribution in [3.8, 4) is 0 Å². The summed E-state index contributed by atoms with van der Waals surface area (Å²) in [7, 11) is 0. The number of ether oxygens (including phenoxy) is 1. The van der Waals surface area contributed by atoms with E-state index in [4.69, 9.17) is 4.74 Å². The molecule has 5 nitrogen and oxygen atoms in total. The quantitative estimate of drug-likeness (QED) is 0.849. The van der Waals surface area contributed by atoms with E-state index >= 15 is 0 Å². The van der Waals surface area contributed by atoms with Crippen molar-refractivity contribution >= 4 is 28.2 Å². The lowest BCUT2D eigenvalue weighted by atomic mass is 9.95. The van der Waals surface area contributed by atoms with Gasteiger partial charge in [-0.05, 0) is 26.3 Å². The molecule has 3 rings (SSSR count). The number of hydrogen-bond acceptors (Lipinski definition) is 5. The fourth-order valence-electron chi connectivity index (χ4n) is 2.71. The molecule has 1 aliphatic heterocycles. The van der Waals surface area contributed by atoms with Gasteiger partial charge in [-0.25, -0.2) is 4.79 Å². The average molecular weight is 330 g/mol. The fraction of sp³-hybridized carbons (Fsp3) is 0.294. The van der Waals surface area contributed by atoms with Crippen molar-refractivity contribution in [2.75, 3.05) is 11.9 Å². The Bertz CT molecular complexity index is 770. The van der Waals surface area contributed by atoms with E-state index in [2.05, 4.69) is 10.6 Å². The van der Waals surface area contributed by atoms with Gasteiger partial charge in [-0.1, -0.05) is 30.3 Å². The number of nitrogens with one attached hydrogen (secondary N) is 2. The van der Waals surface area contributed by atoms with Gasteiger partial charge in [0.2, 0.25) is 5.66 Å². The van der Waals surface area contributed by atoms with Gasteiger partial charge in [0.25, 0.3) is 5.91 Å². The Labute approximate surface area is 138 Å². The van der Waals surface area contributed by atoms with Gasteiger partial charge in [0, 0.05) is 10.4 Å². The second-order valence-electron chi connectivity index (χ2n) is 5.40. The van der Waals surface area contributed by atoms with Crippen molar-refractivity contribution in [1.29, 1.82) is 0 Å². The molecule has 0 bridgehead atoms. The molecule has 120 valence electrons. The summed E-state index contributed by atoms with van der Waals surface area (Å²) in [6, 6.07) is 9.10. The van der Waals surface area contributed by atoms with Crippen LogP contribution in [0, 0.1) is 13.8 Å². The lowest BCUT2D eigenvalue weighted by Gasteiger charge is -2.37. The van der Waals surface area contributed by atoms with Crippen LogP contribution < -0.4 is 10.6 Å². The van der Waals surface area contributed by atoms with Crippen LogP contribution in [0.3, 0.4) is 0 Å². The number of anilines is 1. The van der Waals surface area contributed by atoms with E-state index < -0.39 is 11.6 Å². The van der Waals surface area contributed by atoms with E-state index in [1.165, 1.54) is 11.3 Å². The minimum atomic E-state index is -1.40. The number of carbonyl (C=O) groups excluding carboxylic acids is 2. The topological polar surface area (TPSA) is 67.4 Å². The zero-order valence-corrected chi connectivity index (χ0v) is 14.0. The highest BCUT2D eigenvalue weighted by Gasteiger charge is 2.48. The van der Waals surface area contributed by atoms with Gasteiger partial charge >= 0.3 is 5.97 Å². The first kappa shape index (κ1) is 15.6. The van der Waals surface area contributed by atoms with Gasteiger partial charge in [-0.15, -0.1) is 11.3 Å². The summed E-state index contributed by atoms with van der Waals surface area (Å²) in [6.45, 7) is 5.85. The normalized spacial score (nSPS) is 19.5. The highest BCUT2D eigenvalue weighted by molar-refractivity contribution is 7.16. The van der Waals surface area contributed by atoms with Crippen LogP contribution in [0.2, 0.25) is 0 Å². The molecule has 2 N–H and O–H groups in total. The summed E-state index contributed by atoms with van der Waals surface area (Å²) in [5.74, 6) is -0.786. The molecule has 1 aromatic heterocycles. The van der Waals surface area contributed by atoms with Crippen LogP contribution in [0.4, 0.5) is 5.00 Å².